The Morgan fingerprint density at radius 1 is 1.50 bits per heavy atom. The van der Waals surface area contributed by atoms with Crippen molar-refractivity contribution in [2.45, 2.75) is 0 Å². The van der Waals surface area contributed by atoms with Crippen molar-refractivity contribution in [1.29, 1.82) is 5.41 Å². The molecule has 4 nitrogen and oxygen atoms in total. The zero-order valence-electron chi connectivity index (χ0n) is 6.49. The van der Waals surface area contributed by atoms with Gasteiger partial charge in [-0.1, -0.05) is 0 Å². The van der Waals surface area contributed by atoms with E-state index in [0.717, 1.165) is 0 Å². The molecule has 0 aliphatic rings. The van der Waals surface area contributed by atoms with Gasteiger partial charge in [-0.05, 0) is 24.4 Å². The first kappa shape index (κ1) is 8.26. The summed E-state index contributed by atoms with van der Waals surface area (Å²) in [6.45, 7) is 0. The quantitative estimate of drug-likeness (QED) is 0.553. The molecular formula is C8H10N4. The molecule has 0 saturated heterocycles. The van der Waals surface area contributed by atoms with Gasteiger partial charge in [-0.3, -0.25) is 0 Å². The molecule has 0 bridgehead atoms. The lowest BCUT2D eigenvalue weighted by atomic mass is 10.2. The van der Waals surface area contributed by atoms with Crippen LogP contribution in [0.1, 0.15) is 5.56 Å². The van der Waals surface area contributed by atoms with Crippen LogP contribution in [0.5, 0.6) is 0 Å². The van der Waals surface area contributed by atoms with Crippen molar-refractivity contribution in [3.8, 4) is 0 Å². The summed E-state index contributed by atoms with van der Waals surface area (Å²) < 4.78 is 0. The van der Waals surface area contributed by atoms with Crippen molar-refractivity contribution < 1.29 is 0 Å². The van der Waals surface area contributed by atoms with Gasteiger partial charge in [0.1, 0.15) is 5.82 Å². The molecule has 0 fully saturated rings. The third-order valence-corrected chi connectivity index (χ3v) is 1.36. The van der Waals surface area contributed by atoms with Gasteiger partial charge in [-0.2, -0.15) is 0 Å². The van der Waals surface area contributed by atoms with Gasteiger partial charge >= 0.3 is 0 Å². The minimum atomic E-state index is 0.324. The number of pyridine rings is 1. The van der Waals surface area contributed by atoms with E-state index in [2.05, 4.69) is 4.98 Å². The van der Waals surface area contributed by atoms with Crippen molar-refractivity contribution in [3.63, 3.8) is 0 Å². The van der Waals surface area contributed by atoms with E-state index >= 15 is 0 Å². The number of hydrogen-bond donors (Lipinski definition) is 3. The highest BCUT2D eigenvalue weighted by Crippen LogP contribution is 2.02. The van der Waals surface area contributed by atoms with E-state index in [1.165, 1.54) is 18.5 Å². The van der Waals surface area contributed by atoms with Crippen LogP contribution in [-0.2, 0) is 0 Å². The molecular weight excluding hydrogens is 152 g/mol. The van der Waals surface area contributed by atoms with Crippen LogP contribution in [0.4, 0.5) is 5.82 Å². The van der Waals surface area contributed by atoms with Crippen LogP contribution >= 0.6 is 0 Å². The summed E-state index contributed by atoms with van der Waals surface area (Å²) in [4.78, 5) is 3.84. The molecule has 0 amide bonds. The van der Waals surface area contributed by atoms with Gasteiger partial charge in [0.25, 0.3) is 0 Å². The van der Waals surface area contributed by atoms with Crippen molar-refractivity contribution >= 4 is 11.5 Å². The van der Waals surface area contributed by atoms with Gasteiger partial charge in [-0.25, -0.2) is 4.98 Å². The number of nitrogen functional groups attached to an aromatic ring is 1. The Morgan fingerprint density at radius 2 is 2.25 bits per heavy atom. The second kappa shape index (κ2) is 3.52. The molecule has 1 heterocycles. The number of aromatic nitrogens is 1. The summed E-state index contributed by atoms with van der Waals surface area (Å²) in [7, 11) is 0. The fourth-order valence-corrected chi connectivity index (χ4v) is 0.757. The van der Waals surface area contributed by atoms with Gasteiger partial charge in [0, 0.05) is 11.8 Å². The average Bonchev–Trinajstić information content (AvgIpc) is 2.06. The minimum Gasteiger partial charge on any atom is -0.405 e. The average molecular weight is 162 g/mol. The maximum atomic E-state index is 7.45. The van der Waals surface area contributed by atoms with E-state index in [9.17, 15) is 0 Å². The number of hydrogen-bond acceptors (Lipinski definition) is 4. The second-order valence-electron chi connectivity index (χ2n) is 2.24. The molecule has 0 saturated carbocycles. The number of allylic oxidation sites excluding steroid dienone is 1. The molecule has 0 aromatic carbocycles. The van der Waals surface area contributed by atoms with Crippen LogP contribution < -0.4 is 11.5 Å². The summed E-state index contributed by atoms with van der Waals surface area (Å²) in [6, 6.07) is 3.37. The predicted molar refractivity (Wildman–Crippen MR) is 48.8 cm³/mol. The fraction of sp³-hybridized carbons (Fsp3) is 0. The Labute approximate surface area is 70.4 Å². The fourth-order valence-electron chi connectivity index (χ4n) is 0.757. The largest absolute Gasteiger partial charge is 0.405 e. The second-order valence-corrected chi connectivity index (χ2v) is 2.24. The molecule has 1 aromatic heterocycles. The lowest BCUT2D eigenvalue weighted by Crippen LogP contribution is -1.98. The summed E-state index contributed by atoms with van der Waals surface area (Å²) >= 11 is 0. The van der Waals surface area contributed by atoms with E-state index in [1.807, 2.05) is 0 Å². The molecule has 0 aliphatic heterocycles. The van der Waals surface area contributed by atoms with E-state index in [-0.39, 0.29) is 0 Å². The van der Waals surface area contributed by atoms with Crippen LogP contribution in [0.3, 0.4) is 0 Å². The zero-order chi connectivity index (χ0) is 8.97. The molecule has 4 heteroatoms. The van der Waals surface area contributed by atoms with Crippen molar-refractivity contribution in [2.24, 2.45) is 5.73 Å². The highest BCUT2D eigenvalue weighted by atomic mass is 14.8. The Hall–Kier alpha value is -1.84. The third-order valence-electron chi connectivity index (χ3n) is 1.36. The van der Waals surface area contributed by atoms with E-state index in [4.69, 9.17) is 16.9 Å². The molecule has 0 spiro atoms. The maximum absolute atomic E-state index is 7.45. The van der Waals surface area contributed by atoms with E-state index < -0.39 is 0 Å². The van der Waals surface area contributed by atoms with E-state index in [0.29, 0.717) is 17.1 Å². The van der Waals surface area contributed by atoms with Crippen molar-refractivity contribution in [3.05, 3.63) is 36.2 Å². The Balaban J connectivity index is 2.90. The molecule has 1 aromatic rings. The molecule has 12 heavy (non-hydrogen) atoms. The first-order chi connectivity index (χ1) is 5.74. The molecule has 0 radical (unpaired) electrons. The number of anilines is 1. The smallest absolute Gasteiger partial charge is 0.123 e. The van der Waals surface area contributed by atoms with Gasteiger partial charge in [0.15, 0.2) is 0 Å². The topological polar surface area (TPSA) is 88.8 Å². The molecule has 62 valence electrons. The van der Waals surface area contributed by atoms with Crippen LogP contribution in [0, 0.1) is 5.41 Å². The minimum absolute atomic E-state index is 0.324. The highest BCUT2D eigenvalue weighted by molar-refractivity contribution is 6.06. The first-order valence-electron chi connectivity index (χ1n) is 3.43. The van der Waals surface area contributed by atoms with Crippen LogP contribution in [-0.4, -0.2) is 10.7 Å². The Kier molecular flexibility index (Phi) is 2.42. The Morgan fingerprint density at radius 3 is 2.75 bits per heavy atom. The maximum Gasteiger partial charge on any atom is 0.123 e. The number of nitrogens with zero attached hydrogens (tertiary/aromatic N) is 1. The normalized spacial score (nSPS) is 10.3. The zero-order valence-corrected chi connectivity index (χ0v) is 6.49. The van der Waals surface area contributed by atoms with E-state index in [1.54, 1.807) is 12.1 Å². The third kappa shape index (κ3) is 1.82. The first-order valence-corrected chi connectivity index (χ1v) is 3.43. The summed E-state index contributed by atoms with van der Waals surface area (Å²) in [5, 5.41) is 7.45. The van der Waals surface area contributed by atoms with Gasteiger partial charge in [-0.15, -0.1) is 0 Å². The van der Waals surface area contributed by atoms with Crippen LogP contribution in [0.15, 0.2) is 30.6 Å². The molecule has 0 unspecified atom stereocenters. The van der Waals surface area contributed by atoms with Crippen molar-refractivity contribution in [2.75, 3.05) is 5.73 Å². The lowest BCUT2D eigenvalue weighted by molar-refractivity contribution is 1.32. The SMILES string of the molecule is N=C(/C=C\N)c1ccc(N)nc1. The van der Waals surface area contributed by atoms with Gasteiger partial charge in [0.05, 0.1) is 5.71 Å². The van der Waals surface area contributed by atoms with Crippen LogP contribution in [0.2, 0.25) is 0 Å². The number of rotatable bonds is 2. The lowest BCUT2D eigenvalue weighted by Gasteiger charge is -1.97. The standard InChI is InChI=1S/C8H10N4/c9-4-3-7(10)6-1-2-8(11)12-5-6/h1-5,10H,9H2,(H2,11,12)/b4-3-,10-7?. The molecule has 1 rings (SSSR count). The number of nitrogens with two attached hydrogens (primary N) is 2. The summed E-state index contributed by atoms with van der Waals surface area (Å²) in [6.07, 6.45) is 4.35. The molecule has 5 N–H and O–H groups in total. The summed E-state index contributed by atoms with van der Waals surface area (Å²) in [5.74, 6) is 0.447. The molecule has 0 aliphatic carbocycles. The van der Waals surface area contributed by atoms with Gasteiger partial charge in [0.2, 0.25) is 0 Å². The highest BCUT2D eigenvalue weighted by Gasteiger charge is 1.96. The monoisotopic (exact) mass is 162 g/mol. The predicted octanol–water partition coefficient (Wildman–Crippen LogP) is 0.504. The Bertz CT molecular complexity index is 299. The molecule has 0 atom stereocenters. The summed E-state index contributed by atoms with van der Waals surface area (Å²) in [5.41, 5.74) is 11.5. The van der Waals surface area contributed by atoms with Crippen LogP contribution in [0.25, 0.3) is 0 Å². The van der Waals surface area contributed by atoms with Gasteiger partial charge < -0.3 is 16.9 Å². The van der Waals surface area contributed by atoms with Crippen molar-refractivity contribution in [1.82, 2.24) is 4.98 Å². The number of nitrogens with one attached hydrogen (secondary N) is 1.